The maximum absolute atomic E-state index is 12.4. The number of aromatic nitrogens is 3. The van der Waals surface area contributed by atoms with Gasteiger partial charge in [-0.25, -0.2) is 4.79 Å². The van der Waals surface area contributed by atoms with Crippen molar-refractivity contribution in [3.8, 4) is 0 Å². The van der Waals surface area contributed by atoms with E-state index in [2.05, 4.69) is 51.5 Å². The first-order chi connectivity index (χ1) is 11.0. The molecule has 1 N–H and O–H groups in total. The summed E-state index contributed by atoms with van der Waals surface area (Å²) >= 11 is 0. The van der Waals surface area contributed by atoms with Crippen molar-refractivity contribution in [2.75, 3.05) is 0 Å². The van der Waals surface area contributed by atoms with E-state index in [0.29, 0.717) is 11.6 Å². The average Bonchev–Trinajstić information content (AvgIpc) is 3.01. The molecule has 3 atom stereocenters. The summed E-state index contributed by atoms with van der Waals surface area (Å²) < 4.78 is 8.05. The number of H-pyrrole nitrogens is 1. The summed E-state index contributed by atoms with van der Waals surface area (Å²) in [5.41, 5.74) is 0.711. The van der Waals surface area contributed by atoms with Crippen LogP contribution in [0.4, 0.5) is 0 Å². The van der Waals surface area contributed by atoms with Gasteiger partial charge in [0.15, 0.2) is 0 Å². The summed E-state index contributed by atoms with van der Waals surface area (Å²) in [5, 5.41) is 0.935. The second-order valence-corrected chi connectivity index (χ2v) is 9.31. The molecule has 0 aliphatic carbocycles. The van der Waals surface area contributed by atoms with Gasteiger partial charge in [0.05, 0.1) is 6.10 Å². The van der Waals surface area contributed by atoms with Gasteiger partial charge in [0.25, 0.3) is 0 Å². The fourth-order valence-corrected chi connectivity index (χ4v) is 3.74. The highest BCUT2D eigenvalue weighted by atomic mass is 16.5. The Morgan fingerprint density at radius 1 is 1.29 bits per heavy atom. The summed E-state index contributed by atoms with van der Waals surface area (Å²) in [5.74, 6) is 0.413. The van der Waals surface area contributed by atoms with Crippen LogP contribution in [0.15, 0.2) is 23.3 Å². The van der Waals surface area contributed by atoms with Gasteiger partial charge in [-0.1, -0.05) is 41.5 Å². The van der Waals surface area contributed by atoms with Crippen molar-refractivity contribution in [3.05, 3.63) is 28.9 Å². The van der Waals surface area contributed by atoms with Crippen LogP contribution in [0.25, 0.3) is 11.0 Å². The molecule has 0 aromatic carbocycles. The third-order valence-corrected chi connectivity index (χ3v) is 4.94. The standard InChI is InChI=1S/C19H29N3O2/c1-18(2,3)10-14-13(19(4,5)6)9-15(24-14)22-11-12-7-8-20-16(12)21-17(22)23/h7-8,11,13-15H,9-10H2,1-6H3,(H,20,21,23)/t13-,14-,15-/m1/s1. The van der Waals surface area contributed by atoms with E-state index >= 15 is 0 Å². The maximum Gasteiger partial charge on any atom is 0.351 e. The Labute approximate surface area is 143 Å². The van der Waals surface area contributed by atoms with Gasteiger partial charge in [0, 0.05) is 17.8 Å². The van der Waals surface area contributed by atoms with E-state index in [-0.39, 0.29) is 28.9 Å². The highest BCUT2D eigenvalue weighted by Gasteiger charge is 2.44. The Bertz CT molecular complexity index is 776. The quantitative estimate of drug-likeness (QED) is 0.901. The van der Waals surface area contributed by atoms with Crippen molar-refractivity contribution < 1.29 is 4.74 Å². The lowest BCUT2D eigenvalue weighted by molar-refractivity contribution is -0.0339. The highest BCUT2D eigenvalue weighted by molar-refractivity contribution is 5.73. The number of nitrogens with zero attached hydrogens (tertiary/aromatic N) is 2. The second-order valence-electron chi connectivity index (χ2n) is 9.31. The van der Waals surface area contributed by atoms with Crippen molar-refractivity contribution in [2.24, 2.45) is 16.7 Å². The van der Waals surface area contributed by atoms with Gasteiger partial charge in [-0.2, -0.15) is 4.98 Å². The van der Waals surface area contributed by atoms with Gasteiger partial charge in [0.1, 0.15) is 11.9 Å². The summed E-state index contributed by atoms with van der Waals surface area (Å²) in [7, 11) is 0. The zero-order valence-corrected chi connectivity index (χ0v) is 15.6. The lowest BCUT2D eigenvalue weighted by Gasteiger charge is -2.33. The highest BCUT2D eigenvalue weighted by Crippen LogP contribution is 2.46. The van der Waals surface area contributed by atoms with Gasteiger partial charge in [-0.05, 0) is 35.7 Å². The molecule has 24 heavy (non-hydrogen) atoms. The van der Waals surface area contributed by atoms with Gasteiger partial charge < -0.3 is 9.72 Å². The zero-order chi connectivity index (χ0) is 17.7. The summed E-state index contributed by atoms with van der Waals surface area (Å²) in [6.07, 6.45) is 5.43. The second kappa shape index (κ2) is 5.73. The number of hydrogen-bond acceptors (Lipinski definition) is 3. The predicted octanol–water partition coefficient (Wildman–Crippen LogP) is 4.11. The molecule has 0 radical (unpaired) electrons. The molecule has 1 saturated heterocycles. The molecule has 0 bridgehead atoms. The van der Waals surface area contributed by atoms with E-state index in [0.717, 1.165) is 18.2 Å². The van der Waals surface area contributed by atoms with E-state index in [4.69, 9.17) is 4.74 Å². The van der Waals surface area contributed by atoms with E-state index < -0.39 is 0 Å². The minimum absolute atomic E-state index is 0.139. The van der Waals surface area contributed by atoms with Crippen LogP contribution in [0.1, 0.15) is 60.6 Å². The molecule has 0 unspecified atom stereocenters. The Balaban J connectivity index is 1.93. The maximum atomic E-state index is 12.4. The average molecular weight is 331 g/mol. The number of ether oxygens (including phenoxy) is 1. The molecule has 1 aliphatic rings. The molecule has 3 heterocycles. The number of hydrogen-bond donors (Lipinski definition) is 1. The molecule has 0 spiro atoms. The molecule has 2 aromatic heterocycles. The molecule has 1 aliphatic heterocycles. The first-order valence-corrected chi connectivity index (χ1v) is 8.76. The summed E-state index contributed by atoms with van der Waals surface area (Å²) in [4.78, 5) is 19.5. The van der Waals surface area contributed by atoms with Crippen LogP contribution < -0.4 is 5.69 Å². The van der Waals surface area contributed by atoms with Crippen molar-refractivity contribution >= 4 is 11.0 Å². The normalized spacial score (nSPS) is 25.5. The van der Waals surface area contributed by atoms with Crippen molar-refractivity contribution in [1.82, 2.24) is 14.5 Å². The first kappa shape index (κ1) is 17.2. The van der Waals surface area contributed by atoms with Crippen molar-refractivity contribution in [1.29, 1.82) is 0 Å². The van der Waals surface area contributed by atoms with E-state index in [1.807, 2.05) is 12.3 Å². The van der Waals surface area contributed by atoms with Crippen molar-refractivity contribution in [2.45, 2.75) is 66.7 Å². The molecule has 1 fully saturated rings. The number of fused-ring (bicyclic) bond motifs is 1. The van der Waals surface area contributed by atoms with Crippen LogP contribution in [0.3, 0.4) is 0 Å². The molecule has 2 aromatic rings. The smallest absolute Gasteiger partial charge is 0.351 e. The third kappa shape index (κ3) is 3.41. The molecule has 132 valence electrons. The lowest BCUT2D eigenvalue weighted by Crippen LogP contribution is -2.31. The largest absolute Gasteiger partial charge is 0.354 e. The van der Waals surface area contributed by atoms with Gasteiger partial charge in [-0.15, -0.1) is 0 Å². The monoisotopic (exact) mass is 331 g/mol. The summed E-state index contributed by atoms with van der Waals surface area (Å²) in [6.45, 7) is 13.5. The minimum atomic E-state index is -0.251. The van der Waals surface area contributed by atoms with Crippen LogP contribution in [-0.4, -0.2) is 20.6 Å². The number of rotatable bonds is 2. The fourth-order valence-electron chi connectivity index (χ4n) is 3.74. The molecular formula is C19H29N3O2. The molecule has 0 saturated carbocycles. The van der Waals surface area contributed by atoms with E-state index in [1.54, 1.807) is 10.8 Å². The van der Waals surface area contributed by atoms with Crippen molar-refractivity contribution in [3.63, 3.8) is 0 Å². The third-order valence-electron chi connectivity index (χ3n) is 4.94. The van der Waals surface area contributed by atoms with Gasteiger partial charge >= 0.3 is 5.69 Å². The lowest BCUT2D eigenvalue weighted by atomic mass is 9.73. The number of aromatic amines is 1. The van der Waals surface area contributed by atoms with E-state index in [9.17, 15) is 4.79 Å². The molecule has 3 rings (SSSR count). The molecule has 0 amide bonds. The predicted molar refractivity (Wildman–Crippen MR) is 95.9 cm³/mol. The van der Waals surface area contributed by atoms with Crippen LogP contribution in [-0.2, 0) is 4.74 Å². The minimum Gasteiger partial charge on any atom is -0.354 e. The number of nitrogens with one attached hydrogen (secondary N) is 1. The van der Waals surface area contributed by atoms with Gasteiger partial charge in [0.2, 0.25) is 0 Å². The van der Waals surface area contributed by atoms with Crippen LogP contribution >= 0.6 is 0 Å². The van der Waals surface area contributed by atoms with Crippen LogP contribution in [0, 0.1) is 16.7 Å². The fraction of sp³-hybridized carbons (Fsp3) is 0.684. The molecule has 5 heteroatoms. The van der Waals surface area contributed by atoms with Crippen LogP contribution in [0.5, 0.6) is 0 Å². The Kier molecular flexibility index (Phi) is 4.11. The summed E-state index contributed by atoms with van der Waals surface area (Å²) in [6, 6.07) is 1.93. The Morgan fingerprint density at radius 2 is 2.00 bits per heavy atom. The topological polar surface area (TPSA) is 59.9 Å². The molecule has 5 nitrogen and oxygen atoms in total. The first-order valence-electron chi connectivity index (χ1n) is 8.76. The van der Waals surface area contributed by atoms with Gasteiger partial charge in [-0.3, -0.25) is 4.57 Å². The Morgan fingerprint density at radius 3 is 2.62 bits per heavy atom. The van der Waals surface area contributed by atoms with E-state index in [1.165, 1.54) is 0 Å². The molecular weight excluding hydrogens is 302 g/mol. The Hall–Kier alpha value is -1.62. The zero-order valence-electron chi connectivity index (χ0n) is 15.6. The SMILES string of the molecule is CC(C)(C)C[C@H]1O[C@@H](n2cc3cc[nH]c3nc2=O)C[C@H]1C(C)(C)C. The van der Waals surface area contributed by atoms with Crippen LogP contribution in [0.2, 0.25) is 0 Å².